The van der Waals surface area contributed by atoms with Gasteiger partial charge < -0.3 is 15.0 Å². The van der Waals surface area contributed by atoms with E-state index in [0.717, 1.165) is 11.1 Å². The van der Waals surface area contributed by atoms with Crippen LogP contribution in [-0.4, -0.2) is 24.0 Å². The second-order valence-electron chi connectivity index (χ2n) is 5.23. The maximum Gasteiger partial charge on any atom is 0.339 e. The van der Waals surface area contributed by atoms with E-state index >= 15 is 0 Å². The first-order valence-electron chi connectivity index (χ1n) is 7.06. The molecule has 0 aliphatic carbocycles. The first-order chi connectivity index (χ1) is 10.5. The van der Waals surface area contributed by atoms with Gasteiger partial charge in [-0.2, -0.15) is 0 Å². The third-order valence-corrected chi connectivity index (χ3v) is 3.75. The predicted molar refractivity (Wildman–Crippen MR) is 84.0 cm³/mol. The number of benzene rings is 1. The van der Waals surface area contributed by atoms with Crippen LogP contribution >= 0.6 is 0 Å². The first kappa shape index (κ1) is 15.8. The van der Waals surface area contributed by atoms with Crippen LogP contribution in [0.25, 0.3) is 0 Å². The fourth-order valence-corrected chi connectivity index (χ4v) is 2.46. The number of methoxy groups -OCH3 is 1. The van der Waals surface area contributed by atoms with Crippen LogP contribution in [-0.2, 0) is 11.3 Å². The smallest absolute Gasteiger partial charge is 0.339 e. The van der Waals surface area contributed by atoms with Gasteiger partial charge in [0.15, 0.2) is 0 Å². The number of rotatable bonds is 4. The lowest BCUT2D eigenvalue weighted by atomic mass is 10.1. The number of esters is 1. The molecule has 1 aromatic carbocycles. The van der Waals surface area contributed by atoms with Crippen LogP contribution in [0.2, 0.25) is 0 Å². The Morgan fingerprint density at radius 1 is 1.18 bits per heavy atom. The molecule has 0 aliphatic rings. The van der Waals surface area contributed by atoms with Crippen LogP contribution < -0.4 is 5.32 Å². The van der Waals surface area contributed by atoms with Gasteiger partial charge in [-0.25, -0.2) is 4.79 Å². The van der Waals surface area contributed by atoms with Gasteiger partial charge in [-0.05, 0) is 37.5 Å². The van der Waals surface area contributed by atoms with Crippen molar-refractivity contribution in [3.8, 4) is 0 Å². The van der Waals surface area contributed by atoms with Crippen molar-refractivity contribution in [3.63, 3.8) is 0 Å². The summed E-state index contributed by atoms with van der Waals surface area (Å²) in [6.07, 6.45) is 0. The summed E-state index contributed by atoms with van der Waals surface area (Å²) in [4.78, 5) is 27.0. The number of aryl methyl sites for hydroxylation is 2. The van der Waals surface area contributed by atoms with Gasteiger partial charge in [0, 0.05) is 12.2 Å². The lowest BCUT2D eigenvalue weighted by molar-refractivity contribution is 0.0599. The van der Waals surface area contributed by atoms with Crippen LogP contribution in [0.15, 0.2) is 24.3 Å². The summed E-state index contributed by atoms with van der Waals surface area (Å²) in [6.45, 7) is 5.92. The molecular formula is C17H20N2O3. The quantitative estimate of drug-likeness (QED) is 0.853. The number of ether oxygens (including phenoxy) is 1. The van der Waals surface area contributed by atoms with Crippen molar-refractivity contribution in [2.24, 2.45) is 0 Å². The molecule has 2 aromatic rings. The molecule has 2 rings (SSSR count). The van der Waals surface area contributed by atoms with Crippen LogP contribution in [0.5, 0.6) is 0 Å². The minimum absolute atomic E-state index is 0.237. The molecule has 1 amide bonds. The number of nitrogens with one attached hydrogen (secondary N) is 2. The Balaban J connectivity index is 2.17. The highest BCUT2D eigenvalue weighted by Crippen LogP contribution is 2.19. The third kappa shape index (κ3) is 3.03. The van der Waals surface area contributed by atoms with Crippen molar-refractivity contribution in [1.29, 1.82) is 0 Å². The highest BCUT2D eigenvalue weighted by molar-refractivity contribution is 6.00. The summed E-state index contributed by atoms with van der Waals surface area (Å²) in [5.74, 6) is -0.678. The van der Waals surface area contributed by atoms with E-state index < -0.39 is 5.97 Å². The van der Waals surface area contributed by atoms with Crippen molar-refractivity contribution >= 4 is 11.9 Å². The van der Waals surface area contributed by atoms with Crippen LogP contribution in [0, 0.1) is 20.8 Å². The van der Waals surface area contributed by atoms with E-state index in [9.17, 15) is 9.59 Å². The van der Waals surface area contributed by atoms with E-state index in [0.29, 0.717) is 29.1 Å². The van der Waals surface area contributed by atoms with Gasteiger partial charge in [0.1, 0.15) is 5.69 Å². The Morgan fingerprint density at radius 3 is 2.50 bits per heavy atom. The van der Waals surface area contributed by atoms with Crippen molar-refractivity contribution in [2.45, 2.75) is 27.3 Å². The van der Waals surface area contributed by atoms with E-state index in [1.54, 1.807) is 13.8 Å². The summed E-state index contributed by atoms with van der Waals surface area (Å²) < 4.78 is 4.75. The van der Waals surface area contributed by atoms with Crippen molar-refractivity contribution in [2.75, 3.05) is 7.11 Å². The molecule has 0 saturated carbocycles. The zero-order valence-electron chi connectivity index (χ0n) is 13.2. The summed E-state index contributed by atoms with van der Waals surface area (Å²) in [5, 5.41) is 2.87. The molecule has 0 saturated heterocycles. The van der Waals surface area contributed by atoms with Crippen molar-refractivity contribution in [1.82, 2.24) is 10.3 Å². The van der Waals surface area contributed by atoms with Crippen molar-refractivity contribution < 1.29 is 14.3 Å². The number of amides is 1. The Hall–Kier alpha value is -2.56. The molecule has 0 radical (unpaired) electrons. The molecule has 5 nitrogen and oxygen atoms in total. The summed E-state index contributed by atoms with van der Waals surface area (Å²) in [6, 6.07) is 7.87. The summed E-state index contributed by atoms with van der Waals surface area (Å²) in [7, 11) is 1.33. The van der Waals surface area contributed by atoms with E-state index in [2.05, 4.69) is 10.3 Å². The van der Waals surface area contributed by atoms with Gasteiger partial charge in [-0.15, -0.1) is 0 Å². The van der Waals surface area contributed by atoms with Gasteiger partial charge in [0.25, 0.3) is 5.91 Å². The maximum absolute atomic E-state index is 12.3. The number of aromatic amines is 1. The summed E-state index contributed by atoms with van der Waals surface area (Å²) >= 11 is 0. The molecule has 0 atom stereocenters. The lowest BCUT2D eigenvalue weighted by Crippen LogP contribution is -2.24. The molecule has 0 unspecified atom stereocenters. The molecule has 5 heteroatoms. The molecule has 0 aliphatic heterocycles. The average molecular weight is 300 g/mol. The number of hydrogen-bond acceptors (Lipinski definition) is 3. The zero-order chi connectivity index (χ0) is 16.3. The predicted octanol–water partition coefficient (Wildman–Crippen LogP) is 2.66. The molecule has 116 valence electrons. The highest BCUT2D eigenvalue weighted by Gasteiger charge is 2.22. The molecule has 2 N–H and O–H groups in total. The van der Waals surface area contributed by atoms with E-state index in [4.69, 9.17) is 4.74 Å². The SMILES string of the molecule is COC(=O)c1c(C)[nH]c(C(=O)NCc2ccccc2C)c1C. The topological polar surface area (TPSA) is 71.2 Å². The summed E-state index contributed by atoms with van der Waals surface area (Å²) in [5.41, 5.74) is 4.23. The Labute approximate surface area is 129 Å². The molecule has 0 fully saturated rings. The number of H-pyrrole nitrogens is 1. The minimum Gasteiger partial charge on any atom is -0.465 e. The largest absolute Gasteiger partial charge is 0.465 e. The molecule has 22 heavy (non-hydrogen) atoms. The second kappa shape index (κ2) is 6.47. The van der Waals surface area contributed by atoms with Gasteiger partial charge in [0.2, 0.25) is 0 Å². The number of aromatic nitrogens is 1. The number of hydrogen-bond donors (Lipinski definition) is 2. The van der Waals surface area contributed by atoms with E-state index in [1.807, 2.05) is 31.2 Å². The van der Waals surface area contributed by atoms with Gasteiger partial charge in [0.05, 0.1) is 12.7 Å². The standard InChI is InChI=1S/C17H20N2O3/c1-10-7-5-6-8-13(10)9-18-16(20)15-11(2)14(12(3)19-15)17(21)22-4/h5-8,19H,9H2,1-4H3,(H,18,20). The first-order valence-corrected chi connectivity index (χ1v) is 7.06. The van der Waals surface area contributed by atoms with Gasteiger partial charge >= 0.3 is 5.97 Å². The lowest BCUT2D eigenvalue weighted by Gasteiger charge is -2.07. The second-order valence-corrected chi connectivity index (χ2v) is 5.23. The van der Waals surface area contributed by atoms with Gasteiger partial charge in [-0.3, -0.25) is 4.79 Å². The molecular weight excluding hydrogens is 280 g/mol. The van der Waals surface area contributed by atoms with E-state index in [1.165, 1.54) is 7.11 Å². The van der Waals surface area contributed by atoms with Crippen molar-refractivity contribution in [3.05, 3.63) is 57.9 Å². The molecule has 0 spiro atoms. The molecule has 1 heterocycles. The Morgan fingerprint density at radius 2 is 1.86 bits per heavy atom. The van der Waals surface area contributed by atoms with Crippen LogP contribution in [0.1, 0.15) is 43.2 Å². The minimum atomic E-state index is -0.441. The fourth-order valence-electron chi connectivity index (χ4n) is 2.46. The van der Waals surface area contributed by atoms with Gasteiger partial charge in [-0.1, -0.05) is 24.3 Å². The Bertz CT molecular complexity index is 717. The monoisotopic (exact) mass is 300 g/mol. The number of carbonyl (C=O) groups is 2. The molecule has 0 bridgehead atoms. The van der Waals surface area contributed by atoms with Crippen LogP contribution in [0.4, 0.5) is 0 Å². The zero-order valence-corrected chi connectivity index (χ0v) is 13.2. The Kier molecular flexibility index (Phi) is 4.65. The maximum atomic E-state index is 12.3. The van der Waals surface area contributed by atoms with E-state index in [-0.39, 0.29) is 5.91 Å². The van der Waals surface area contributed by atoms with Crippen LogP contribution in [0.3, 0.4) is 0 Å². The third-order valence-electron chi connectivity index (χ3n) is 3.75. The average Bonchev–Trinajstić information content (AvgIpc) is 2.80. The fraction of sp³-hybridized carbons (Fsp3) is 0.294. The number of carbonyl (C=O) groups excluding carboxylic acids is 2. The highest BCUT2D eigenvalue weighted by atomic mass is 16.5. The molecule has 1 aromatic heterocycles. The normalized spacial score (nSPS) is 10.4.